The van der Waals surface area contributed by atoms with E-state index in [9.17, 15) is 0 Å². The first-order chi connectivity index (χ1) is 5.84. The number of hydrogen-bond donors (Lipinski definition) is 1. The third-order valence-corrected chi connectivity index (χ3v) is 1.95. The van der Waals surface area contributed by atoms with Crippen LogP contribution >= 0.6 is 0 Å². The lowest BCUT2D eigenvalue weighted by atomic mass is 10.2. The van der Waals surface area contributed by atoms with Crippen molar-refractivity contribution >= 4 is 6.08 Å². The Balaban J connectivity index is 2.15. The Bertz CT molecular complexity index is 292. The molecule has 0 bridgehead atoms. The van der Waals surface area contributed by atoms with Crippen LogP contribution in [0.2, 0.25) is 0 Å². The third kappa shape index (κ3) is 1.53. The molecule has 1 aliphatic rings. The molecule has 0 aromatic carbocycles. The van der Waals surface area contributed by atoms with Gasteiger partial charge in [0.05, 0.1) is 6.20 Å². The molecule has 0 radical (unpaired) electrons. The average Bonchev–Trinajstić information content (AvgIpc) is 2.63. The Kier molecular flexibility index (Phi) is 1.91. The molecule has 0 spiro atoms. The van der Waals surface area contributed by atoms with Gasteiger partial charge in [0.25, 0.3) is 0 Å². The van der Waals surface area contributed by atoms with Crippen molar-refractivity contribution in [1.82, 2.24) is 20.3 Å². The molecule has 4 heteroatoms. The van der Waals surface area contributed by atoms with Crippen molar-refractivity contribution in [2.24, 2.45) is 7.05 Å². The van der Waals surface area contributed by atoms with Crippen LogP contribution in [-0.4, -0.2) is 28.1 Å². The van der Waals surface area contributed by atoms with E-state index in [1.165, 1.54) is 5.57 Å². The van der Waals surface area contributed by atoms with Crippen LogP contribution in [0, 0.1) is 0 Å². The van der Waals surface area contributed by atoms with Crippen LogP contribution in [-0.2, 0) is 7.05 Å². The lowest BCUT2D eigenvalue weighted by Gasteiger charge is -1.89. The zero-order valence-electron chi connectivity index (χ0n) is 7.12. The Morgan fingerprint density at radius 2 is 2.58 bits per heavy atom. The third-order valence-electron chi connectivity index (χ3n) is 1.95. The molecular formula is C8H12N4. The minimum Gasteiger partial charge on any atom is -0.313 e. The monoisotopic (exact) mass is 164 g/mol. The van der Waals surface area contributed by atoms with E-state index in [0.717, 1.165) is 25.2 Å². The molecule has 0 unspecified atom stereocenters. The maximum absolute atomic E-state index is 3.99. The van der Waals surface area contributed by atoms with Gasteiger partial charge in [-0.05, 0) is 19.0 Å². The molecule has 1 N–H and O–H groups in total. The first-order valence-corrected chi connectivity index (χ1v) is 4.11. The molecule has 64 valence electrons. The molecule has 2 heterocycles. The molecule has 0 atom stereocenters. The average molecular weight is 164 g/mol. The first-order valence-electron chi connectivity index (χ1n) is 4.11. The predicted octanol–water partition coefficient (Wildman–Crippen LogP) is 0.192. The van der Waals surface area contributed by atoms with Crippen molar-refractivity contribution in [3.63, 3.8) is 0 Å². The minimum atomic E-state index is 0.955. The summed E-state index contributed by atoms with van der Waals surface area (Å²) in [7, 11) is 1.88. The smallest absolute Gasteiger partial charge is 0.105 e. The highest BCUT2D eigenvalue weighted by molar-refractivity contribution is 5.48. The van der Waals surface area contributed by atoms with Crippen molar-refractivity contribution in [2.75, 3.05) is 13.1 Å². The van der Waals surface area contributed by atoms with E-state index in [-0.39, 0.29) is 0 Å². The molecule has 1 aliphatic heterocycles. The van der Waals surface area contributed by atoms with Crippen molar-refractivity contribution < 1.29 is 0 Å². The fourth-order valence-corrected chi connectivity index (χ4v) is 1.35. The van der Waals surface area contributed by atoms with Gasteiger partial charge in [0, 0.05) is 13.6 Å². The number of rotatable bonds is 1. The molecule has 0 saturated carbocycles. The van der Waals surface area contributed by atoms with Crippen molar-refractivity contribution in [2.45, 2.75) is 6.42 Å². The van der Waals surface area contributed by atoms with Gasteiger partial charge in [-0.2, -0.15) is 0 Å². The fourth-order valence-electron chi connectivity index (χ4n) is 1.35. The number of hydrogen-bond acceptors (Lipinski definition) is 3. The zero-order chi connectivity index (χ0) is 8.39. The Labute approximate surface area is 71.3 Å². The number of nitrogens with zero attached hydrogens (tertiary/aromatic N) is 3. The van der Waals surface area contributed by atoms with E-state index in [0.29, 0.717) is 0 Å². The maximum Gasteiger partial charge on any atom is 0.105 e. The molecule has 0 aliphatic carbocycles. The highest BCUT2D eigenvalue weighted by Crippen LogP contribution is 2.09. The second-order valence-corrected chi connectivity index (χ2v) is 3.05. The molecule has 12 heavy (non-hydrogen) atoms. The van der Waals surface area contributed by atoms with Crippen LogP contribution in [0.25, 0.3) is 6.08 Å². The summed E-state index contributed by atoms with van der Waals surface area (Å²) in [5.74, 6) is 0. The number of nitrogens with one attached hydrogen (secondary N) is 1. The number of aromatic nitrogens is 3. The molecule has 1 fully saturated rings. The van der Waals surface area contributed by atoms with E-state index in [1.54, 1.807) is 4.68 Å². The zero-order valence-corrected chi connectivity index (χ0v) is 7.12. The van der Waals surface area contributed by atoms with Crippen molar-refractivity contribution in [1.29, 1.82) is 0 Å². The van der Waals surface area contributed by atoms with E-state index >= 15 is 0 Å². The summed E-state index contributed by atoms with van der Waals surface area (Å²) in [5.41, 5.74) is 2.37. The van der Waals surface area contributed by atoms with Gasteiger partial charge in [-0.3, -0.25) is 4.68 Å². The van der Waals surface area contributed by atoms with E-state index in [2.05, 4.69) is 21.7 Å². The van der Waals surface area contributed by atoms with Gasteiger partial charge in [0.15, 0.2) is 0 Å². The van der Waals surface area contributed by atoms with E-state index in [4.69, 9.17) is 0 Å². The summed E-state index contributed by atoms with van der Waals surface area (Å²) in [4.78, 5) is 0. The highest BCUT2D eigenvalue weighted by atomic mass is 15.4. The van der Waals surface area contributed by atoms with Crippen LogP contribution in [0.1, 0.15) is 12.1 Å². The molecular weight excluding hydrogens is 152 g/mol. The van der Waals surface area contributed by atoms with Crippen LogP contribution in [0.4, 0.5) is 0 Å². The summed E-state index contributed by atoms with van der Waals surface area (Å²) in [6, 6.07) is 0. The SMILES string of the molecule is Cn1cc(/C=C2/CCNC2)nn1. The van der Waals surface area contributed by atoms with Gasteiger partial charge in [-0.1, -0.05) is 10.8 Å². The topological polar surface area (TPSA) is 42.7 Å². The van der Waals surface area contributed by atoms with Crippen LogP contribution < -0.4 is 5.32 Å². The van der Waals surface area contributed by atoms with Crippen LogP contribution in [0.5, 0.6) is 0 Å². The summed E-state index contributed by atoms with van der Waals surface area (Å²) < 4.78 is 1.72. The summed E-state index contributed by atoms with van der Waals surface area (Å²) >= 11 is 0. The van der Waals surface area contributed by atoms with Gasteiger partial charge in [-0.25, -0.2) is 0 Å². The van der Waals surface area contributed by atoms with Gasteiger partial charge < -0.3 is 5.32 Å². The second-order valence-electron chi connectivity index (χ2n) is 3.05. The van der Waals surface area contributed by atoms with E-state index in [1.807, 2.05) is 13.2 Å². The van der Waals surface area contributed by atoms with Crippen molar-refractivity contribution in [3.8, 4) is 0 Å². The van der Waals surface area contributed by atoms with E-state index < -0.39 is 0 Å². The first kappa shape index (κ1) is 7.49. The maximum atomic E-state index is 3.99. The summed E-state index contributed by atoms with van der Waals surface area (Å²) in [5, 5.41) is 11.1. The normalized spacial score (nSPS) is 20.6. The van der Waals surface area contributed by atoms with Gasteiger partial charge >= 0.3 is 0 Å². The summed E-state index contributed by atoms with van der Waals surface area (Å²) in [6.07, 6.45) is 5.16. The lowest BCUT2D eigenvalue weighted by Crippen LogP contribution is -2.04. The minimum absolute atomic E-state index is 0.955. The van der Waals surface area contributed by atoms with Crippen LogP contribution in [0.3, 0.4) is 0 Å². The fraction of sp³-hybridized carbons (Fsp3) is 0.500. The predicted molar refractivity (Wildman–Crippen MR) is 46.5 cm³/mol. The van der Waals surface area contributed by atoms with Gasteiger partial charge in [-0.15, -0.1) is 5.10 Å². The van der Waals surface area contributed by atoms with Crippen LogP contribution in [0.15, 0.2) is 11.8 Å². The van der Waals surface area contributed by atoms with Crippen molar-refractivity contribution in [3.05, 3.63) is 17.5 Å². The molecule has 0 amide bonds. The standard InChI is InChI=1S/C8H12N4/c1-12-6-8(10-11-12)4-7-2-3-9-5-7/h4,6,9H,2-3,5H2,1H3/b7-4-. The largest absolute Gasteiger partial charge is 0.313 e. The Morgan fingerprint density at radius 1 is 1.67 bits per heavy atom. The molecule has 1 saturated heterocycles. The lowest BCUT2D eigenvalue weighted by molar-refractivity contribution is 0.714. The second kappa shape index (κ2) is 3.06. The Morgan fingerprint density at radius 3 is 3.17 bits per heavy atom. The number of aryl methyl sites for hydroxylation is 1. The summed E-state index contributed by atoms with van der Waals surface area (Å²) in [6.45, 7) is 2.09. The molecule has 2 rings (SSSR count). The highest BCUT2D eigenvalue weighted by Gasteiger charge is 2.05. The van der Waals surface area contributed by atoms with Gasteiger partial charge in [0.1, 0.15) is 5.69 Å². The van der Waals surface area contributed by atoms with Gasteiger partial charge in [0.2, 0.25) is 0 Å². The molecule has 4 nitrogen and oxygen atoms in total. The quantitative estimate of drug-likeness (QED) is 0.644. The Hall–Kier alpha value is -1.16. The molecule has 1 aromatic heterocycles. The molecule has 1 aromatic rings.